The number of carbonyl (C=O) groups excluding carboxylic acids is 1. The van der Waals surface area contributed by atoms with Crippen molar-refractivity contribution in [3.63, 3.8) is 0 Å². The van der Waals surface area contributed by atoms with Gasteiger partial charge in [-0.25, -0.2) is 8.42 Å². The van der Waals surface area contributed by atoms with Crippen LogP contribution in [0.25, 0.3) is 10.9 Å². The van der Waals surface area contributed by atoms with Crippen LogP contribution in [0.2, 0.25) is 0 Å². The number of anilines is 1. The van der Waals surface area contributed by atoms with Crippen molar-refractivity contribution in [2.75, 3.05) is 26.1 Å². The molecule has 0 spiro atoms. The van der Waals surface area contributed by atoms with E-state index in [1.54, 1.807) is 25.3 Å². The molecule has 0 aliphatic rings. The Morgan fingerprint density at radius 2 is 1.83 bits per heavy atom. The van der Waals surface area contributed by atoms with Crippen LogP contribution in [-0.4, -0.2) is 45.8 Å². The minimum absolute atomic E-state index is 0.0572. The van der Waals surface area contributed by atoms with E-state index in [1.807, 2.05) is 24.4 Å². The standard InChI is InChI=1S/C21H25N3O5S/c1-15(23-30(26,27)19-7-5-18(29-3)6-8-19)21(25)22-17-4-9-20-16(14-17)10-11-24(20)12-13-28-2/h4-11,14-15,23H,12-13H2,1-3H3,(H,22,25)/t15-/m0/s1. The van der Waals surface area contributed by atoms with Crippen LogP contribution in [0, 0.1) is 0 Å². The number of carbonyl (C=O) groups is 1. The van der Waals surface area contributed by atoms with Crippen LogP contribution in [0.4, 0.5) is 5.69 Å². The Labute approximate surface area is 175 Å². The lowest BCUT2D eigenvalue weighted by molar-refractivity contribution is -0.117. The first-order valence-electron chi connectivity index (χ1n) is 9.39. The van der Waals surface area contributed by atoms with Crippen molar-refractivity contribution in [1.29, 1.82) is 0 Å². The van der Waals surface area contributed by atoms with E-state index >= 15 is 0 Å². The second-order valence-electron chi connectivity index (χ2n) is 6.78. The average molecular weight is 432 g/mol. The van der Waals surface area contributed by atoms with Crippen molar-refractivity contribution in [3.05, 3.63) is 54.7 Å². The summed E-state index contributed by atoms with van der Waals surface area (Å²) in [5.74, 6) is 0.0939. The maximum atomic E-state index is 12.5. The van der Waals surface area contributed by atoms with Crippen molar-refractivity contribution < 1.29 is 22.7 Å². The molecule has 3 aromatic rings. The zero-order valence-electron chi connectivity index (χ0n) is 17.1. The van der Waals surface area contributed by atoms with Crippen molar-refractivity contribution in [2.24, 2.45) is 0 Å². The van der Waals surface area contributed by atoms with Gasteiger partial charge in [0.1, 0.15) is 5.75 Å². The number of ether oxygens (including phenoxy) is 2. The molecular weight excluding hydrogens is 406 g/mol. The molecular formula is C21H25N3O5S. The molecule has 0 unspecified atom stereocenters. The van der Waals surface area contributed by atoms with Crippen molar-refractivity contribution >= 4 is 32.5 Å². The fourth-order valence-corrected chi connectivity index (χ4v) is 4.23. The van der Waals surface area contributed by atoms with Gasteiger partial charge in [-0.1, -0.05) is 0 Å². The number of amides is 1. The van der Waals surface area contributed by atoms with Gasteiger partial charge in [-0.2, -0.15) is 4.72 Å². The van der Waals surface area contributed by atoms with Crippen molar-refractivity contribution in [2.45, 2.75) is 24.4 Å². The SMILES string of the molecule is COCCn1ccc2cc(NC(=O)[C@H](C)NS(=O)(=O)c3ccc(OC)cc3)ccc21. The van der Waals surface area contributed by atoms with E-state index in [4.69, 9.17) is 9.47 Å². The number of aromatic nitrogens is 1. The Balaban J connectivity index is 1.67. The fraction of sp³-hybridized carbons (Fsp3) is 0.286. The van der Waals surface area contributed by atoms with Crippen LogP contribution < -0.4 is 14.8 Å². The van der Waals surface area contributed by atoms with E-state index in [0.29, 0.717) is 18.0 Å². The highest BCUT2D eigenvalue weighted by molar-refractivity contribution is 7.89. The molecule has 1 aromatic heterocycles. The van der Waals surface area contributed by atoms with E-state index in [2.05, 4.69) is 14.6 Å². The van der Waals surface area contributed by atoms with Crippen LogP contribution in [0.3, 0.4) is 0 Å². The summed E-state index contributed by atoms with van der Waals surface area (Å²) in [6.45, 7) is 2.83. The molecule has 1 amide bonds. The average Bonchev–Trinajstić information content (AvgIpc) is 3.14. The lowest BCUT2D eigenvalue weighted by Gasteiger charge is -2.15. The normalized spacial score (nSPS) is 12.6. The molecule has 0 radical (unpaired) electrons. The van der Waals surface area contributed by atoms with Crippen LogP contribution in [0.15, 0.2) is 59.6 Å². The third-order valence-corrected chi connectivity index (χ3v) is 6.23. The van der Waals surface area contributed by atoms with E-state index < -0.39 is 22.0 Å². The van der Waals surface area contributed by atoms with E-state index in [-0.39, 0.29) is 4.90 Å². The molecule has 0 bridgehead atoms. The van der Waals surface area contributed by atoms with Crippen molar-refractivity contribution in [1.82, 2.24) is 9.29 Å². The second-order valence-corrected chi connectivity index (χ2v) is 8.50. The van der Waals surface area contributed by atoms with Crippen LogP contribution in [0.5, 0.6) is 5.75 Å². The van der Waals surface area contributed by atoms with Gasteiger partial charge in [0.2, 0.25) is 15.9 Å². The van der Waals surface area contributed by atoms with Gasteiger partial charge in [0.15, 0.2) is 0 Å². The summed E-state index contributed by atoms with van der Waals surface area (Å²) >= 11 is 0. The minimum Gasteiger partial charge on any atom is -0.497 e. The maximum Gasteiger partial charge on any atom is 0.242 e. The van der Waals surface area contributed by atoms with E-state index in [0.717, 1.165) is 17.4 Å². The Morgan fingerprint density at radius 1 is 1.10 bits per heavy atom. The van der Waals surface area contributed by atoms with Crippen LogP contribution in [-0.2, 0) is 26.1 Å². The smallest absolute Gasteiger partial charge is 0.242 e. The monoisotopic (exact) mass is 431 g/mol. The zero-order valence-corrected chi connectivity index (χ0v) is 17.9. The summed E-state index contributed by atoms with van der Waals surface area (Å²) in [6, 6.07) is 12.5. The fourth-order valence-electron chi connectivity index (χ4n) is 3.02. The summed E-state index contributed by atoms with van der Waals surface area (Å²) in [5, 5.41) is 3.73. The number of methoxy groups -OCH3 is 2. The van der Waals surface area contributed by atoms with Gasteiger partial charge in [0.25, 0.3) is 0 Å². The lowest BCUT2D eigenvalue weighted by Crippen LogP contribution is -2.41. The molecule has 9 heteroatoms. The minimum atomic E-state index is -3.84. The number of hydrogen-bond donors (Lipinski definition) is 2. The highest BCUT2D eigenvalue weighted by Gasteiger charge is 2.22. The van der Waals surface area contributed by atoms with Crippen LogP contribution in [0.1, 0.15) is 6.92 Å². The molecule has 0 aliphatic carbocycles. The molecule has 1 heterocycles. The molecule has 30 heavy (non-hydrogen) atoms. The number of nitrogens with zero attached hydrogens (tertiary/aromatic N) is 1. The van der Waals surface area contributed by atoms with Gasteiger partial charge < -0.3 is 19.4 Å². The molecule has 160 valence electrons. The molecule has 2 N–H and O–H groups in total. The third-order valence-electron chi connectivity index (χ3n) is 4.67. The van der Waals surface area contributed by atoms with Gasteiger partial charge in [-0.05, 0) is 55.5 Å². The number of hydrogen-bond acceptors (Lipinski definition) is 5. The molecule has 2 aromatic carbocycles. The summed E-state index contributed by atoms with van der Waals surface area (Å²) in [7, 11) is -0.687. The van der Waals surface area contributed by atoms with Gasteiger partial charge in [0, 0.05) is 36.4 Å². The summed E-state index contributed by atoms with van der Waals surface area (Å²) < 4.78 is 39.6. The van der Waals surface area contributed by atoms with Gasteiger partial charge in [-0.15, -0.1) is 0 Å². The largest absolute Gasteiger partial charge is 0.497 e. The summed E-state index contributed by atoms with van der Waals surface area (Å²) in [6.07, 6.45) is 1.96. The first kappa shape index (κ1) is 21.8. The Morgan fingerprint density at radius 3 is 2.50 bits per heavy atom. The van der Waals surface area contributed by atoms with Gasteiger partial charge in [0.05, 0.1) is 24.7 Å². The number of rotatable bonds is 9. The Kier molecular flexibility index (Phi) is 6.76. The molecule has 0 fully saturated rings. The second kappa shape index (κ2) is 9.29. The molecule has 1 atom stereocenters. The van der Waals surface area contributed by atoms with E-state index in [1.165, 1.54) is 26.2 Å². The van der Waals surface area contributed by atoms with Crippen molar-refractivity contribution in [3.8, 4) is 5.75 Å². The van der Waals surface area contributed by atoms with Gasteiger partial charge >= 0.3 is 0 Å². The molecule has 0 saturated carbocycles. The Bertz CT molecular complexity index is 1120. The first-order valence-corrected chi connectivity index (χ1v) is 10.9. The third kappa shape index (κ3) is 4.99. The first-order chi connectivity index (χ1) is 14.3. The highest BCUT2D eigenvalue weighted by Crippen LogP contribution is 2.21. The predicted molar refractivity (Wildman–Crippen MR) is 115 cm³/mol. The molecule has 3 rings (SSSR count). The summed E-state index contributed by atoms with van der Waals surface area (Å²) in [5.41, 5.74) is 1.62. The number of fused-ring (bicyclic) bond motifs is 1. The topological polar surface area (TPSA) is 98.7 Å². The summed E-state index contributed by atoms with van der Waals surface area (Å²) in [4.78, 5) is 12.6. The lowest BCUT2D eigenvalue weighted by atomic mass is 10.2. The zero-order chi connectivity index (χ0) is 21.7. The number of sulfonamides is 1. The van der Waals surface area contributed by atoms with Crippen LogP contribution >= 0.6 is 0 Å². The number of benzene rings is 2. The van der Waals surface area contributed by atoms with E-state index in [9.17, 15) is 13.2 Å². The highest BCUT2D eigenvalue weighted by atomic mass is 32.2. The maximum absolute atomic E-state index is 12.5. The van der Waals surface area contributed by atoms with Gasteiger partial charge in [-0.3, -0.25) is 4.79 Å². The molecule has 0 aliphatic heterocycles. The predicted octanol–water partition coefficient (Wildman–Crippen LogP) is 2.60. The molecule has 8 nitrogen and oxygen atoms in total. The number of nitrogens with one attached hydrogen (secondary N) is 2. The Hall–Kier alpha value is -2.88. The molecule has 0 saturated heterocycles. The quantitative estimate of drug-likeness (QED) is 0.543.